The fourth-order valence-corrected chi connectivity index (χ4v) is 3.16. The molecule has 28 heavy (non-hydrogen) atoms. The van der Waals surface area contributed by atoms with E-state index in [1.54, 1.807) is 6.20 Å². The average molecular weight is 375 g/mol. The first kappa shape index (κ1) is 17.9. The molecule has 2 heterocycles. The molecule has 0 saturated heterocycles. The number of amides is 1. The van der Waals surface area contributed by atoms with Crippen molar-refractivity contribution < 1.29 is 14.3 Å². The molecule has 142 valence electrons. The Morgan fingerprint density at radius 3 is 2.68 bits per heavy atom. The Labute approximate surface area is 163 Å². The average Bonchev–Trinajstić information content (AvgIpc) is 3.21. The van der Waals surface area contributed by atoms with Gasteiger partial charge in [0.25, 0.3) is 5.91 Å². The van der Waals surface area contributed by atoms with Crippen LogP contribution in [0.5, 0.6) is 11.5 Å². The van der Waals surface area contributed by atoms with Gasteiger partial charge in [-0.15, -0.1) is 0 Å². The maximum absolute atomic E-state index is 12.6. The highest BCUT2D eigenvalue weighted by Crippen LogP contribution is 2.32. The number of fused-ring (bicyclic) bond motifs is 1. The third-order valence-corrected chi connectivity index (χ3v) is 4.56. The molecule has 0 unspecified atom stereocenters. The molecule has 0 spiro atoms. The van der Waals surface area contributed by atoms with Gasteiger partial charge in [0.2, 0.25) is 6.79 Å². The first-order chi connectivity index (χ1) is 13.7. The highest BCUT2D eigenvalue weighted by Gasteiger charge is 2.15. The summed E-state index contributed by atoms with van der Waals surface area (Å²) in [7, 11) is 0. The number of carbonyl (C=O) groups excluding carboxylic acids is 1. The predicted octanol–water partition coefficient (Wildman–Crippen LogP) is 3.90. The third kappa shape index (κ3) is 3.76. The number of pyridine rings is 1. The zero-order chi connectivity index (χ0) is 19.3. The fourth-order valence-electron chi connectivity index (χ4n) is 3.16. The van der Waals surface area contributed by atoms with Crippen molar-refractivity contribution in [2.24, 2.45) is 0 Å². The molecule has 0 saturated carbocycles. The van der Waals surface area contributed by atoms with Crippen molar-refractivity contribution in [3.63, 3.8) is 0 Å². The molecule has 4 rings (SSSR count). The molecule has 0 radical (unpaired) electrons. The van der Waals surface area contributed by atoms with Crippen LogP contribution in [0.3, 0.4) is 0 Å². The van der Waals surface area contributed by atoms with E-state index in [4.69, 9.17) is 9.47 Å². The summed E-state index contributed by atoms with van der Waals surface area (Å²) < 4.78 is 10.7. The van der Waals surface area contributed by atoms with Gasteiger partial charge in [-0.1, -0.05) is 24.3 Å². The van der Waals surface area contributed by atoms with Crippen LogP contribution in [0.2, 0.25) is 0 Å². The molecule has 1 amide bonds. The van der Waals surface area contributed by atoms with Crippen LogP contribution in [0.1, 0.15) is 23.0 Å². The summed E-state index contributed by atoms with van der Waals surface area (Å²) >= 11 is 0. The van der Waals surface area contributed by atoms with Gasteiger partial charge in [0, 0.05) is 30.7 Å². The number of rotatable bonds is 6. The van der Waals surface area contributed by atoms with Crippen LogP contribution in [0.25, 0.3) is 0 Å². The van der Waals surface area contributed by atoms with Crippen molar-refractivity contribution in [3.05, 3.63) is 78.1 Å². The summed E-state index contributed by atoms with van der Waals surface area (Å²) in [5.74, 6) is 1.21. The number of nitrogens with zero attached hydrogens (tertiary/aromatic N) is 2. The van der Waals surface area contributed by atoms with E-state index in [0.717, 1.165) is 29.2 Å². The second-order valence-corrected chi connectivity index (χ2v) is 6.35. The monoisotopic (exact) mass is 375 g/mol. The van der Waals surface area contributed by atoms with Crippen molar-refractivity contribution in [1.29, 1.82) is 0 Å². The summed E-state index contributed by atoms with van der Waals surface area (Å²) in [5.41, 5.74) is 3.32. The lowest BCUT2D eigenvalue weighted by atomic mass is 10.2. The number of para-hydroxylation sites is 1. The molecule has 0 aliphatic carbocycles. The van der Waals surface area contributed by atoms with Crippen LogP contribution in [-0.2, 0) is 6.54 Å². The van der Waals surface area contributed by atoms with Crippen molar-refractivity contribution in [2.45, 2.75) is 13.5 Å². The van der Waals surface area contributed by atoms with Crippen molar-refractivity contribution in [1.82, 2.24) is 10.3 Å². The lowest BCUT2D eigenvalue weighted by Gasteiger charge is -2.23. The molecule has 0 atom stereocenters. The molecule has 0 fully saturated rings. The Kier molecular flexibility index (Phi) is 5.10. The Balaban J connectivity index is 1.47. The highest BCUT2D eigenvalue weighted by atomic mass is 16.7. The smallest absolute Gasteiger partial charge is 0.270 e. The SMILES string of the molecule is CCN(c1ccccc1)c1ccnc(C(=O)NCc2ccc3c(c2)OCO3)c1. The largest absolute Gasteiger partial charge is 0.454 e. The molecule has 1 aromatic heterocycles. The maximum atomic E-state index is 12.6. The third-order valence-electron chi connectivity index (χ3n) is 4.56. The molecule has 3 aromatic rings. The molecular weight excluding hydrogens is 354 g/mol. The lowest BCUT2D eigenvalue weighted by Crippen LogP contribution is -2.24. The number of hydrogen-bond acceptors (Lipinski definition) is 5. The van der Waals surface area contributed by atoms with Crippen molar-refractivity contribution in [2.75, 3.05) is 18.2 Å². The minimum atomic E-state index is -0.219. The van der Waals surface area contributed by atoms with E-state index in [2.05, 4.69) is 22.1 Å². The number of carbonyl (C=O) groups is 1. The summed E-state index contributed by atoms with van der Waals surface area (Å²) in [5, 5.41) is 2.91. The summed E-state index contributed by atoms with van der Waals surface area (Å²) in [6, 6.07) is 19.4. The fraction of sp³-hybridized carbons (Fsp3) is 0.182. The van der Waals surface area contributed by atoms with E-state index >= 15 is 0 Å². The summed E-state index contributed by atoms with van der Waals surface area (Å²) in [6.07, 6.45) is 1.66. The zero-order valence-electron chi connectivity index (χ0n) is 15.6. The normalized spacial score (nSPS) is 11.9. The van der Waals surface area contributed by atoms with Gasteiger partial charge in [-0.05, 0) is 48.9 Å². The second-order valence-electron chi connectivity index (χ2n) is 6.35. The predicted molar refractivity (Wildman–Crippen MR) is 107 cm³/mol. The summed E-state index contributed by atoms with van der Waals surface area (Å²) in [6.45, 7) is 3.48. The first-order valence-corrected chi connectivity index (χ1v) is 9.20. The Morgan fingerprint density at radius 2 is 1.86 bits per heavy atom. The molecule has 0 bridgehead atoms. The number of benzene rings is 2. The molecule has 6 nitrogen and oxygen atoms in total. The Bertz CT molecular complexity index is 976. The molecule has 6 heteroatoms. The number of ether oxygens (including phenoxy) is 2. The molecule has 1 aliphatic rings. The molecule has 2 aromatic carbocycles. The molecular formula is C22H21N3O3. The van der Waals surface area contributed by atoms with Crippen LogP contribution in [0, 0.1) is 0 Å². The number of aromatic nitrogens is 1. The van der Waals surface area contributed by atoms with Crippen LogP contribution < -0.4 is 19.7 Å². The van der Waals surface area contributed by atoms with Crippen LogP contribution in [-0.4, -0.2) is 24.2 Å². The van der Waals surface area contributed by atoms with Gasteiger partial charge in [0.15, 0.2) is 11.5 Å². The quantitative estimate of drug-likeness (QED) is 0.708. The van der Waals surface area contributed by atoms with E-state index < -0.39 is 0 Å². The highest BCUT2D eigenvalue weighted by molar-refractivity contribution is 5.93. The maximum Gasteiger partial charge on any atom is 0.270 e. The number of nitrogens with one attached hydrogen (secondary N) is 1. The second kappa shape index (κ2) is 8.00. The van der Waals surface area contributed by atoms with E-state index in [9.17, 15) is 4.79 Å². The van der Waals surface area contributed by atoms with Crippen molar-refractivity contribution >= 4 is 17.3 Å². The standard InChI is InChI=1S/C22H21N3O3/c1-2-25(17-6-4-3-5-7-17)18-10-11-23-19(13-18)22(26)24-14-16-8-9-20-21(12-16)28-15-27-20/h3-13H,2,14-15H2,1H3,(H,24,26). The molecule has 1 N–H and O–H groups in total. The number of hydrogen-bond donors (Lipinski definition) is 1. The topological polar surface area (TPSA) is 63.7 Å². The van der Waals surface area contributed by atoms with Gasteiger partial charge in [-0.25, -0.2) is 0 Å². The summed E-state index contributed by atoms with van der Waals surface area (Å²) in [4.78, 5) is 19.0. The van der Waals surface area contributed by atoms with Crippen LogP contribution in [0.15, 0.2) is 66.9 Å². The zero-order valence-corrected chi connectivity index (χ0v) is 15.6. The van der Waals surface area contributed by atoms with Gasteiger partial charge in [0.1, 0.15) is 5.69 Å². The minimum Gasteiger partial charge on any atom is -0.454 e. The Hall–Kier alpha value is -3.54. The van der Waals surface area contributed by atoms with E-state index in [0.29, 0.717) is 18.0 Å². The van der Waals surface area contributed by atoms with E-state index in [1.807, 2.05) is 60.7 Å². The van der Waals surface area contributed by atoms with E-state index in [1.165, 1.54) is 0 Å². The minimum absolute atomic E-state index is 0.219. The first-order valence-electron chi connectivity index (χ1n) is 9.20. The Morgan fingerprint density at radius 1 is 1.04 bits per heavy atom. The van der Waals surface area contributed by atoms with Gasteiger partial charge < -0.3 is 19.7 Å². The van der Waals surface area contributed by atoms with Crippen molar-refractivity contribution in [3.8, 4) is 11.5 Å². The number of anilines is 2. The van der Waals surface area contributed by atoms with E-state index in [-0.39, 0.29) is 12.7 Å². The van der Waals surface area contributed by atoms with Gasteiger partial charge in [-0.2, -0.15) is 0 Å². The lowest BCUT2D eigenvalue weighted by molar-refractivity contribution is 0.0946. The van der Waals surface area contributed by atoms with Crippen LogP contribution in [0.4, 0.5) is 11.4 Å². The van der Waals surface area contributed by atoms with Gasteiger partial charge in [0.05, 0.1) is 0 Å². The van der Waals surface area contributed by atoms with Gasteiger partial charge in [-0.3, -0.25) is 9.78 Å². The molecule has 1 aliphatic heterocycles. The van der Waals surface area contributed by atoms with Gasteiger partial charge >= 0.3 is 0 Å². The van der Waals surface area contributed by atoms with Crippen LogP contribution >= 0.6 is 0 Å².